The molecule has 3 aliphatic carbocycles. The lowest BCUT2D eigenvalue weighted by Crippen LogP contribution is -2.09. The van der Waals surface area contributed by atoms with Crippen LogP contribution in [0.5, 0.6) is 0 Å². The Kier molecular flexibility index (Phi) is 2.29. The molecule has 18 heavy (non-hydrogen) atoms. The molecule has 0 radical (unpaired) electrons. The number of allylic oxidation sites excluding steroid dienone is 5. The molecule has 90 valence electrons. The summed E-state index contributed by atoms with van der Waals surface area (Å²) < 4.78 is 0. The van der Waals surface area contributed by atoms with Gasteiger partial charge in [0.05, 0.1) is 0 Å². The first kappa shape index (κ1) is 10.4. The summed E-state index contributed by atoms with van der Waals surface area (Å²) in [7, 11) is 0. The summed E-state index contributed by atoms with van der Waals surface area (Å²) in [5.41, 5.74) is 7.61. The Morgan fingerprint density at radius 1 is 0.944 bits per heavy atom. The van der Waals surface area contributed by atoms with Crippen LogP contribution in [-0.2, 0) is 0 Å². The van der Waals surface area contributed by atoms with E-state index in [4.69, 9.17) is 0 Å². The van der Waals surface area contributed by atoms with Crippen LogP contribution in [0.2, 0.25) is 0 Å². The number of hydrogen-bond acceptors (Lipinski definition) is 0. The second-order valence-electron chi connectivity index (χ2n) is 5.66. The molecule has 0 aliphatic heterocycles. The number of fused-ring (bicyclic) bond motifs is 5. The fraction of sp³-hybridized carbons (Fsp3) is 0.333. The molecule has 0 saturated heterocycles. The van der Waals surface area contributed by atoms with E-state index in [2.05, 4.69) is 42.5 Å². The van der Waals surface area contributed by atoms with Gasteiger partial charge in [0.15, 0.2) is 0 Å². The zero-order valence-corrected chi connectivity index (χ0v) is 10.7. The quantitative estimate of drug-likeness (QED) is 0.593. The largest absolute Gasteiger partial charge is 0.0627 e. The van der Waals surface area contributed by atoms with Crippen LogP contribution in [0.1, 0.15) is 43.2 Å². The van der Waals surface area contributed by atoms with Crippen LogP contribution in [0.4, 0.5) is 0 Å². The summed E-state index contributed by atoms with van der Waals surface area (Å²) in [6, 6.07) is 8.82. The molecule has 1 saturated carbocycles. The first-order valence-corrected chi connectivity index (χ1v) is 7.15. The molecule has 0 nitrogen and oxygen atoms in total. The van der Waals surface area contributed by atoms with Gasteiger partial charge in [-0.1, -0.05) is 54.8 Å². The van der Waals surface area contributed by atoms with Crippen LogP contribution in [0.3, 0.4) is 0 Å². The van der Waals surface area contributed by atoms with Crippen molar-refractivity contribution in [2.24, 2.45) is 5.92 Å². The third-order valence-electron chi connectivity index (χ3n) is 4.62. The van der Waals surface area contributed by atoms with Crippen LogP contribution in [0.25, 0.3) is 11.6 Å². The Balaban J connectivity index is 1.83. The minimum atomic E-state index is 0.708. The average Bonchev–Trinajstić information content (AvgIpc) is 2.62. The molecule has 0 aromatic heterocycles. The molecule has 1 aromatic rings. The molecule has 0 spiro atoms. The van der Waals surface area contributed by atoms with Gasteiger partial charge in [-0.15, -0.1) is 0 Å². The SMILES string of the molecule is C1=C2C(=Cc3ccccc32)C2CCCCCC2=C1. The molecular weight excluding hydrogens is 216 g/mol. The van der Waals surface area contributed by atoms with Crippen molar-refractivity contribution in [3.8, 4) is 0 Å². The lowest BCUT2D eigenvalue weighted by atomic mass is 9.80. The van der Waals surface area contributed by atoms with E-state index < -0.39 is 0 Å². The monoisotopic (exact) mass is 234 g/mol. The maximum absolute atomic E-state index is 2.43. The summed E-state index contributed by atoms with van der Waals surface area (Å²) in [4.78, 5) is 0. The van der Waals surface area contributed by atoms with Gasteiger partial charge in [0.2, 0.25) is 0 Å². The van der Waals surface area contributed by atoms with Crippen LogP contribution >= 0.6 is 0 Å². The van der Waals surface area contributed by atoms with E-state index in [1.165, 1.54) is 48.8 Å². The summed E-state index contributed by atoms with van der Waals surface area (Å²) in [5.74, 6) is 0.708. The summed E-state index contributed by atoms with van der Waals surface area (Å²) >= 11 is 0. The smallest absolute Gasteiger partial charge is 0.00576 e. The second kappa shape index (κ2) is 3.98. The lowest BCUT2D eigenvalue weighted by Gasteiger charge is -2.24. The van der Waals surface area contributed by atoms with Crippen molar-refractivity contribution < 1.29 is 0 Å². The van der Waals surface area contributed by atoms with Crippen molar-refractivity contribution in [1.29, 1.82) is 0 Å². The highest BCUT2D eigenvalue weighted by Crippen LogP contribution is 2.47. The Labute approximate surface area is 109 Å². The van der Waals surface area contributed by atoms with E-state index >= 15 is 0 Å². The molecule has 0 heterocycles. The van der Waals surface area contributed by atoms with Crippen molar-refractivity contribution in [2.75, 3.05) is 0 Å². The van der Waals surface area contributed by atoms with Crippen LogP contribution < -0.4 is 0 Å². The first-order valence-electron chi connectivity index (χ1n) is 7.15. The number of hydrogen-bond donors (Lipinski definition) is 0. The molecular formula is C18H18. The van der Waals surface area contributed by atoms with Gasteiger partial charge in [-0.05, 0) is 47.6 Å². The molecule has 0 N–H and O–H groups in total. The van der Waals surface area contributed by atoms with Crippen LogP contribution in [0, 0.1) is 5.92 Å². The van der Waals surface area contributed by atoms with E-state index in [0.29, 0.717) is 5.92 Å². The van der Waals surface area contributed by atoms with Gasteiger partial charge >= 0.3 is 0 Å². The molecule has 1 fully saturated rings. The van der Waals surface area contributed by atoms with Crippen molar-refractivity contribution >= 4 is 11.6 Å². The molecule has 0 amide bonds. The van der Waals surface area contributed by atoms with Crippen molar-refractivity contribution in [1.82, 2.24) is 0 Å². The summed E-state index contributed by atoms with van der Waals surface area (Å²) in [5, 5.41) is 0. The third-order valence-corrected chi connectivity index (χ3v) is 4.62. The van der Waals surface area contributed by atoms with E-state index in [1.807, 2.05) is 0 Å². The average molecular weight is 234 g/mol. The zero-order valence-electron chi connectivity index (χ0n) is 10.7. The van der Waals surface area contributed by atoms with Gasteiger partial charge in [0.1, 0.15) is 0 Å². The van der Waals surface area contributed by atoms with Gasteiger partial charge in [-0.3, -0.25) is 0 Å². The van der Waals surface area contributed by atoms with E-state index in [0.717, 1.165) is 0 Å². The molecule has 1 atom stereocenters. The van der Waals surface area contributed by atoms with Crippen LogP contribution in [0.15, 0.2) is 47.6 Å². The highest BCUT2D eigenvalue weighted by atomic mass is 14.3. The van der Waals surface area contributed by atoms with E-state index in [-0.39, 0.29) is 0 Å². The Bertz CT molecular complexity index is 584. The number of rotatable bonds is 0. The minimum absolute atomic E-state index is 0.708. The number of benzene rings is 1. The Morgan fingerprint density at radius 2 is 1.89 bits per heavy atom. The van der Waals surface area contributed by atoms with E-state index in [1.54, 1.807) is 11.1 Å². The highest BCUT2D eigenvalue weighted by Gasteiger charge is 2.30. The van der Waals surface area contributed by atoms with Gasteiger partial charge in [-0.25, -0.2) is 0 Å². The Hall–Kier alpha value is -1.56. The second-order valence-corrected chi connectivity index (χ2v) is 5.66. The Morgan fingerprint density at radius 3 is 2.89 bits per heavy atom. The van der Waals surface area contributed by atoms with E-state index in [9.17, 15) is 0 Å². The zero-order chi connectivity index (χ0) is 11.9. The fourth-order valence-electron chi connectivity index (χ4n) is 3.70. The summed E-state index contributed by atoms with van der Waals surface area (Å²) in [6.07, 6.45) is 14.0. The third kappa shape index (κ3) is 1.45. The normalized spacial score (nSPS) is 25.1. The molecule has 0 heteroatoms. The first-order chi connectivity index (χ1) is 8.93. The standard InChI is InChI=1S/C18H18/c1-2-6-13-10-11-17-16-9-5-4-7-14(16)12-18(17)15(13)8-3-1/h4-5,7,9-12,15H,1-3,6,8H2. The maximum Gasteiger partial charge on any atom is 0.00576 e. The predicted molar refractivity (Wildman–Crippen MR) is 77.1 cm³/mol. The predicted octanol–water partition coefficient (Wildman–Crippen LogP) is 4.99. The molecule has 0 bridgehead atoms. The lowest BCUT2D eigenvalue weighted by molar-refractivity contribution is 0.630. The molecule has 4 rings (SSSR count). The van der Waals surface area contributed by atoms with Gasteiger partial charge in [0, 0.05) is 5.92 Å². The minimum Gasteiger partial charge on any atom is -0.0627 e. The molecule has 1 aromatic carbocycles. The fourth-order valence-corrected chi connectivity index (χ4v) is 3.70. The van der Waals surface area contributed by atoms with Crippen molar-refractivity contribution in [3.05, 3.63) is 58.7 Å². The summed E-state index contributed by atoms with van der Waals surface area (Å²) in [6.45, 7) is 0. The van der Waals surface area contributed by atoms with Crippen LogP contribution in [-0.4, -0.2) is 0 Å². The van der Waals surface area contributed by atoms with Gasteiger partial charge in [0.25, 0.3) is 0 Å². The molecule has 1 unspecified atom stereocenters. The topological polar surface area (TPSA) is 0 Å². The van der Waals surface area contributed by atoms with Gasteiger partial charge < -0.3 is 0 Å². The van der Waals surface area contributed by atoms with Crippen molar-refractivity contribution in [2.45, 2.75) is 32.1 Å². The van der Waals surface area contributed by atoms with Gasteiger partial charge in [-0.2, -0.15) is 0 Å². The molecule has 3 aliphatic rings. The van der Waals surface area contributed by atoms with Crippen molar-refractivity contribution in [3.63, 3.8) is 0 Å². The maximum atomic E-state index is 2.43. The highest BCUT2D eigenvalue weighted by molar-refractivity contribution is 5.96.